The minimum Gasteiger partial charge on any atom is -0.488 e. The van der Waals surface area contributed by atoms with Crippen LogP contribution in [0.15, 0.2) is 24.3 Å². The molecule has 0 aromatic heterocycles. The van der Waals surface area contributed by atoms with Crippen molar-refractivity contribution < 1.29 is 17.9 Å². The van der Waals surface area contributed by atoms with Crippen molar-refractivity contribution in [1.29, 1.82) is 0 Å². The highest BCUT2D eigenvalue weighted by Crippen LogP contribution is 2.27. The Morgan fingerprint density at radius 3 is 2.76 bits per heavy atom. The molecule has 1 aromatic rings. The van der Waals surface area contributed by atoms with Gasteiger partial charge in [-0.2, -0.15) is 13.2 Å². The quantitative estimate of drug-likeness (QED) is 0.823. The van der Waals surface area contributed by atoms with Crippen LogP contribution in [0.1, 0.15) is 12.0 Å². The third-order valence-corrected chi connectivity index (χ3v) is 2.67. The third kappa shape index (κ3) is 3.63. The molecule has 0 bridgehead atoms. The Balaban J connectivity index is 1.70. The van der Waals surface area contributed by atoms with Gasteiger partial charge in [-0.1, -0.05) is 18.2 Å². The van der Waals surface area contributed by atoms with Crippen LogP contribution >= 0.6 is 0 Å². The van der Waals surface area contributed by atoms with Crippen molar-refractivity contribution >= 4 is 0 Å². The molecule has 1 N–H and O–H groups in total. The van der Waals surface area contributed by atoms with Gasteiger partial charge < -0.3 is 10.1 Å². The Kier molecular flexibility index (Phi) is 3.57. The zero-order chi connectivity index (χ0) is 12.3. The van der Waals surface area contributed by atoms with Gasteiger partial charge in [0.1, 0.15) is 11.9 Å². The fourth-order valence-corrected chi connectivity index (χ4v) is 1.86. The molecule has 1 aromatic carbocycles. The van der Waals surface area contributed by atoms with E-state index in [1.165, 1.54) is 0 Å². The number of halogens is 3. The maximum atomic E-state index is 11.9. The molecular weight excluding hydrogens is 231 g/mol. The molecule has 17 heavy (non-hydrogen) atoms. The number of nitrogens with one attached hydrogen (secondary N) is 1. The number of alkyl halides is 3. The van der Waals surface area contributed by atoms with Gasteiger partial charge in [0.25, 0.3) is 0 Å². The number of hydrogen-bond acceptors (Lipinski definition) is 2. The van der Waals surface area contributed by atoms with E-state index in [1.54, 1.807) is 0 Å². The summed E-state index contributed by atoms with van der Waals surface area (Å²) in [7, 11) is 0. The molecule has 0 radical (unpaired) electrons. The lowest BCUT2D eigenvalue weighted by molar-refractivity contribution is -0.133. The lowest BCUT2D eigenvalue weighted by atomic mass is 10.1. The lowest BCUT2D eigenvalue weighted by Crippen LogP contribution is -2.32. The zero-order valence-corrected chi connectivity index (χ0v) is 9.26. The van der Waals surface area contributed by atoms with Crippen molar-refractivity contribution in [2.24, 2.45) is 0 Å². The molecule has 5 heteroatoms. The molecule has 2 rings (SSSR count). The molecule has 0 saturated heterocycles. The molecule has 1 atom stereocenters. The number of para-hydroxylation sites is 1. The van der Waals surface area contributed by atoms with Crippen LogP contribution in [-0.4, -0.2) is 25.4 Å². The maximum absolute atomic E-state index is 11.9. The van der Waals surface area contributed by atoms with E-state index >= 15 is 0 Å². The number of rotatable bonds is 4. The molecule has 1 aliphatic rings. The molecule has 0 fully saturated rings. The average molecular weight is 245 g/mol. The summed E-state index contributed by atoms with van der Waals surface area (Å²) in [6.07, 6.45) is -4.19. The van der Waals surface area contributed by atoms with E-state index in [4.69, 9.17) is 4.74 Å². The van der Waals surface area contributed by atoms with E-state index in [9.17, 15) is 13.2 Å². The highest BCUT2D eigenvalue weighted by molar-refractivity contribution is 5.37. The number of benzene rings is 1. The van der Waals surface area contributed by atoms with Crippen molar-refractivity contribution in [1.82, 2.24) is 5.32 Å². The minimum absolute atomic E-state index is 0.0550. The van der Waals surface area contributed by atoms with E-state index < -0.39 is 12.6 Å². The number of ether oxygens (including phenoxy) is 1. The number of fused-ring (bicyclic) bond motifs is 1. The highest BCUT2D eigenvalue weighted by Gasteiger charge is 2.27. The molecule has 94 valence electrons. The van der Waals surface area contributed by atoms with Gasteiger partial charge in [-0.3, -0.25) is 0 Å². The molecule has 1 aliphatic heterocycles. The number of hydrogen-bond donors (Lipinski definition) is 1. The van der Waals surface area contributed by atoms with Crippen LogP contribution in [0.2, 0.25) is 0 Å². The van der Waals surface area contributed by atoms with Crippen LogP contribution < -0.4 is 10.1 Å². The van der Waals surface area contributed by atoms with Gasteiger partial charge in [-0.05, 0) is 11.6 Å². The summed E-state index contributed by atoms with van der Waals surface area (Å²) >= 11 is 0. The third-order valence-electron chi connectivity index (χ3n) is 2.67. The topological polar surface area (TPSA) is 21.3 Å². The molecule has 2 nitrogen and oxygen atoms in total. The second-order valence-corrected chi connectivity index (χ2v) is 4.12. The Morgan fingerprint density at radius 2 is 2.06 bits per heavy atom. The van der Waals surface area contributed by atoms with Crippen molar-refractivity contribution in [2.75, 3.05) is 13.1 Å². The van der Waals surface area contributed by atoms with Gasteiger partial charge in [0.15, 0.2) is 0 Å². The first kappa shape index (κ1) is 12.2. The molecule has 0 amide bonds. The van der Waals surface area contributed by atoms with Crippen LogP contribution in [0.25, 0.3) is 0 Å². The van der Waals surface area contributed by atoms with E-state index in [0.717, 1.165) is 17.7 Å². The first-order valence-corrected chi connectivity index (χ1v) is 5.56. The first-order valence-electron chi connectivity index (χ1n) is 5.56. The van der Waals surface area contributed by atoms with Gasteiger partial charge in [0.05, 0.1) is 6.42 Å². The van der Waals surface area contributed by atoms with Crippen LogP contribution in [-0.2, 0) is 6.42 Å². The predicted octanol–water partition coefficient (Wildman–Crippen LogP) is 2.53. The standard InChI is InChI=1S/C12H14F3NO/c13-12(14,15)5-6-16-8-10-7-9-3-1-2-4-11(9)17-10/h1-4,10,16H,5-8H2. The molecule has 0 aliphatic carbocycles. The Hall–Kier alpha value is -1.23. The lowest BCUT2D eigenvalue weighted by Gasteiger charge is -2.12. The predicted molar refractivity (Wildman–Crippen MR) is 58.1 cm³/mol. The second-order valence-electron chi connectivity index (χ2n) is 4.12. The van der Waals surface area contributed by atoms with Gasteiger partial charge in [-0.15, -0.1) is 0 Å². The summed E-state index contributed by atoms with van der Waals surface area (Å²) in [5.74, 6) is 0.843. The van der Waals surface area contributed by atoms with Gasteiger partial charge in [0, 0.05) is 19.5 Å². The normalized spacial score (nSPS) is 18.9. The van der Waals surface area contributed by atoms with E-state index in [1.807, 2.05) is 24.3 Å². The van der Waals surface area contributed by atoms with Crippen molar-refractivity contribution in [3.05, 3.63) is 29.8 Å². The van der Waals surface area contributed by atoms with Crippen LogP contribution in [0.5, 0.6) is 5.75 Å². The van der Waals surface area contributed by atoms with Crippen molar-refractivity contribution in [3.63, 3.8) is 0 Å². The Bertz CT molecular complexity index is 353. The summed E-state index contributed by atoms with van der Waals surface area (Å²) < 4.78 is 41.3. The Morgan fingerprint density at radius 1 is 1.29 bits per heavy atom. The fourth-order valence-electron chi connectivity index (χ4n) is 1.86. The van der Waals surface area contributed by atoms with Gasteiger partial charge >= 0.3 is 6.18 Å². The maximum Gasteiger partial charge on any atom is 0.390 e. The SMILES string of the molecule is FC(F)(F)CCNCC1Cc2ccccc2O1. The van der Waals surface area contributed by atoms with Gasteiger partial charge in [0.2, 0.25) is 0 Å². The minimum atomic E-state index is -4.09. The van der Waals surface area contributed by atoms with Gasteiger partial charge in [-0.25, -0.2) is 0 Å². The summed E-state index contributed by atoms with van der Waals surface area (Å²) in [5.41, 5.74) is 1.12. The summed E-state index contributed by atoms with van der Waals surface area (Å²) in [4.78, 5) is 0. The van der Waals surface area contributed by atoms with Crippen LogP contribution in [0.3, 0.4) is 0 Å². The molecule has 0 spiro atoms. The largest absolute Gasteiger partial charge is 0.488 e. The highest BCUT2D eigenvalue weighted by atomic mass is 19.4. The van der Waals surface area contributed by atoms with E-state index in [0.29, 0.717) is 6.54 Å². The van der Waals surface area contributed by atoms with E-state index in [-0.39, 0.29) is 12.6 Å². The molecular formula is C12H14F3NO. The molecule has 1 heterocycles. The van der Waals surface area contributed by atoms with E-state index in [2.05, 4.69) is 5.32 Å². The van der Waals surface area contributed by atoms with Crippen molar-refractivity contribution in [2.45, 2.75) is 25.1 Å². The smallest absolute Gasteiger partial charge is 0.390 e. The van der Waals surface area contributed by atoms with Crippen LogP contribution in [0, 0.1) is 0 Å². The fraction of sp³-hybridized carbons (Fsp3) is 0.500. The monoisotopic (exact) mass is 245 g/mol. The molecule has 1 unspecified atom stereocenters. The second kappa shape index (κ2) is 4.96. The van der Waals surface area contributed by atoms with Crippen molar-refractivity contribution in [3.8, 4) is 5.75 Å². The summed E-state index contributed by atoms with van der Waals surface area (Å²) in [5, 5.41) is 2.77. The summed E-state index contributed by atoms with van der Waals surface area (Å²) in [6.45, 7) is 0.393. The summed E-state index contributed by atoms with van der Waals surface area (Å²) in [6, 6.07) is 7.68. The Labute approximate surface area is 97.8 Å². The zero-order valence-electron chi connectivity index (χ0n) is 9.26. The average Bonchev–Trinajstić information content (AvgIpc) is 2.65. The molecule has 0 saturated carbocycles. The first-order chi connectivity index (χ1) is 8.04. The van der Waals surface area contributed by atoms with Crippen LogP contribution in [0.4, 0.5) is 13.2 Å².